The molecule has 0 saturated heterocycles. The first-order valence-corrected chi connectivity index (χ1v) is 11.5. The van der Waals surface area contributed by atoms with Gasteiger partial charge in [-0.1, -0.05) is 30.3 Å². The maximum absolute atomic E-state index is 12.8. The highest BCUT2D eigenvalue weighted by Crippen LogP contribution is 2.23. The van der Waals surface area contributed by atoms with E-state index in [-0.39, 0.29) is 11.4 Å². The van der Waals surface area contributed by atoms with Gasteiger partial charge in [-0.05, 0) is 60.5 Å². The number of sulfonamides is 1. The zero-order chi connectivity index (χ0) is 23.8. The van der Waals surface area contributed by atoms with Gasteiger partial charge in [0.25, 0.3) is 5.91 Å². The second-order valence-corrected chi connectivity index (χ2v) is 9.22. The van der Waals surface area contributed by atoms with Gasteiger partial charge in [0.15, 0.2) is 0 Å². The molecule has 0 saturated carbocycles. The first-order chi connectivity index (χ1) is 15.8. The molecule has 172 valence electrons. The number of likely N-dealkylation sites (N-methyl/N-ethyl adjacent to an activating group) is 1. The van der Waals surface area contributed by atoms with E-state index in [1.165, 1.54) is 32.5 Å². The number of hydrogen-bond donors (Lipinski definition) is 1. The van der Waals surface area contributed by atoms with Crippen LogP contribution in [0.15, 0.2) is 82.8 Å². The van der Waals surface area contributed by atoms with Crippen LogP contribution in [0.4, 0.5) is 0 Å². The number of aryl methyl sites for hydroxylation is 1. The molecule has 0 heterocycles. The summed E-state index contributed by atoms with van der Waals surface area (Å²) in [7, 11) is -0.996. The molecule has 8 nitrogen and oxygen atoms in total. The van der Waals surface area contributed by atoms with E-state index in [1.807, 2.05) is 36.4 Å². The molecule has 0 aliphatic carbocycles. The van der Waals surface area contributed by atoms with Gasteiger partial charge in [-0.15, -0.1) is 0 Å². The molecule has 0 atom stereocenters. The molecule has 0 unspecified atom stereocenters. The van der Waals surface area contributed by atoms with Gasteiger partial charge >= 0.3 is 0 Å². The maximum atomic E-state index is 12.8. The van der Waals surface area contributed by atoms with E-state index in [0.29, 0.717) is 28.4 Å². The topological polar surface area (TPSA) is 97.3 Å². The highest BCUT2D eigenvalue weighted by molar-refractivity contribution is 7.89. The SMILES string of the molecule is COc1ccc(S(=O)(=O)N(C)CC(=O)N/N=C\c2cccc(Oc3ccccc3)c2)cc1C. The van der Waals surface area contributed by atoms with Crippen molar-refractivity contribution in [2.45, 2.75) is 11.8 Å². The molecule has 33 heavy (non-hydrogen) atoms. The molecule has 0 fully saturated rings. The average molecular weight is 468 g/mol. The third-order valence-electron chi connectivity index (χ3n) is 4.68. The van der Waals surface area contributed by atoms with Crippen LogP contribution < -0.4 is 14.9 Å². The number of rotatable bonds is 9. The lowest BCUT2D eigenvalue weighted by Gasteiger charge is -2.17. The highest BCUT2D eigenvalue weighted by atomic mass is 32.2. The molecule has 0 aliphatic rings. The minimum absolute atomic E-state index is 0.0785. The number of amides is 1. The average Bonchev–Trinajstić information content (AvgIpc) is 2.80. The van der Waals surface area contributed by atoms with Crippen molar-refractivity contribution in [1.29, 1.82) is 0 Å². The Morgan fingerprint density at radius 1 is 1.03 bits per heavy atom. The van der Waals surface area contributed by atoms with E-state index in [2.05, 4.69) is 10.5 Å². The number of methoxy groups -OCH3 is 1. The normalized spacial score (nSPS) is 11.5. The van der Waals surface area contributed by atoms with Gasteiger partial charge in [-0.2, -0.15) is 9.41 Å². The molecule has 0 radical (unpaired) electrons. The molecular formula is C24H25N3O5S. The molecule has 0 spiro atoms. The van der Waals surface area contributed by atoms with E-state index in [9.17, 15) is 13.2 Å². The van der Waals surface area contributed by atoms with E-state index in [4.69, 9.17) is 9.47 Å². The fraction of sp³-hybridized carbons (Fsp3) is 0.167. The predicted octanol–water partition coefficient (Wildman–Crippen LogP) is 3.57. The molecule has 1 N–H and O–H groups in total. The number of ether oxygens (including phenoxy) is 2. The van der Waals surface area contributed by atoms with Gasteiger partial charge in [-0.25, -0.2) is 13.8 Å². The van der Waals surface area contributed by atoms with Gasteiger partial charge in [0.2, 0.25) is 10.0 Å². The highest BCUT2D eigenvalue weighted by Gasteiger charge is 2.23. The van der Waals surface area contributed by atoms with Crippen LogP contribution in [-0.2, 0) is 14.8 Å². The Balaban J connectivity index is 1.58. The van der Waals surface area contributed by atoms with Crippen molar-refractivity contribution in [3.8, 4) is 17.2 Å². The number of carbonyl (C=O) groups excluding carboxylic acids is 1. The van der Waals surface area contributed by atoms with Gasteiger partial charge in [0.1, 0.15) is 17.2 Å². The van der Waals surface area contributed by atoms with Crippen LogP contribution in [0.2, 0.25) is 0 Å². The Hall–Kier alpha value is -3.69. The van der Waals surface area contributed by atoms with Crippen LogP contribution in [0, 0.1) is 6.92 Å². The van der Waals surface area contributed by atoms with Crippen LogP contribution in [0.3, 0.4) is 0 Å². The Morgan fingerprint density at radius 3 is 2.45 bits per heavy atom. The molecule has 0 aromatic heterocycles. The summed E-state index contributed by atoms with van der Waals surface area (Å²) in [6.07, 6.45) is 1.46. The number of para-hydroxylation sites is 1. The third-order valence-corrected chi connectivity index (χ3v) is 6.48. The van der Waals surface area contributed by atoms with Crippen molar-refractivity contribution in [1.82, 2.24) is 9.73 Å². The van der Waals surface area contributed by atoms with Gasteiger partial charge in [-0.3, -0.25) is 4.79 Å². The quantitative estimate of drug-likeness (QED) is 0.383. The monoisotopic (exact) mass is 467 g/mol. The van der Waals surface area contributed by atoms with Crippen molar-refractivity contribution < 1.29 is 22.7 Å². The zero-order valence-electron chi connectivity index (χ0n) is 18.6. The minimum Gasteiger partial charge on any atom is -0.496 e. The number of hydrogen-bond acceptors (Lipinski definition) is 6. The summed E-state index contributed by atoms with van der Waals surface area (Å²) in [6.45, 7) is 1.36. The largest absolute Gasteiger partial charge is 0.496 e. The van der Waals surface area contributed by atoms with E-state index < -0.39 is 15.9 Å². The van der Waals surface area contributed by atoms with Crippen LogP contribution in [0.5, 0.6) is 17.2 Å². The molecule has 0 aliphatic heterocycles. The van der Waals surface area contributed by atoms with Gasteiger partial charge < -0.3 is 9.47 Å². The van der Waals surface area contributed by atoms with E-state index in [0.717, 1.165) is 4.31 Å². The van der Waals surface area contributed by atoms with Crippen molar-refractivity contribution in [3.63, 3.8) is 0 Å². The smallest absolute Gasteiger partial charge is 0.255 e. The van der Waals surface area contributed by atoms with Crippen LogP contribution >= 0.6 is 0 Å². The fourth-order valence-corrected chi connectivity index (χ4v) is 4.19. The van der Waals surface area contributed by atoms with Crippen LogP contribution in [0.1, 0.15) is 11.1 Å². The Labute approximate surface area is 193 Å². The third kappa shape index (κ3) is 6.41. The van der Waals surface area contributed by atoms with E-state index >= 15 is 0 Å². The molecule has 3 aromatic carbocycles. The standard InChI is InChI=1S/C24H25N3O5S/c1-18-14-22(12-13-23(18)31-3)33(29,30)27(2)17-24(28)26-25-16-19-8-7-11-21(15-19)32-20-9-5-4-6-10-20/h4-16H,17H2,1-3H3,(H,26,28)/b25-16-. The van der Waals surface area contributed by atoms with E-state index in [1.54, 1.807) is 31.2 Å². The predicted molar refractivity (Wildman–Crippen MR) is 126 cm³/mol. The summed E-state index contributed by atoms with van der Waals surface area (Å²) in [6, 6.07) is 21.1. The summed E-state index contributed by atoms with van der Waals surface area (Å²) in [5.74, 6) is 1.34. The second-order valence-electron chi connectivity index (χ2n) is 7.17. The number of nitrogens with one attached hydrogen (secondary N) is 1. The van der Waals surface area contributed by atoms with Crippen LogP contribution in [-0.4, -0.2) is 45.5 Å². The lowest BCUT2D eigenvalue weighted by Crippen LogP contribution is -2.36. The Morgan fingerprint density at radius 2 is 1.76 bits per heavy atom. The first kappa shape index (κ1) is 24.0. The lowest BCUT2D eigenvalue weighted by molar-refractivity contribution is -0.121. The van der Waals surface area contributed by atoms with Crippen molar-refractivity contribution in [2.24, 2.45) is 5.10 Å². The number of hydrazone groups is 1. The first-order valence-electron chi connectivity index (χ1n) is 10.1. The molecule has 1 amide bonds. The maximum Gasteiger partial charge on any atom is 0.255 e. The summed E-state index contributed by atoms with van der Waals surface area (Å²) in [5.41, 5.74) is 3.73. The molecule has 3 rings (SSSR count). The van der Waals surface area contributed by atoms with Crippen molar-refractivity contribution >= 4 is 22.1 Å². The molecule has 0 bridgehead atoms. The van der Waals surface area contributed by atoms with Crippen LogP contribution in [0.25, 0.3) is 0 Å². The lowest BCUT2D eigenvalue weighted by atomic mass is 10.2. The summed E-state index contributed by atoms with van der Waals surface area (Å²) in [4.78, 5) is 12.3. The second kappa shape index (κ2) is 10.8. The Kier molecular flexibility index (Phi) is 7.81. The summed E-state index contributed by atoms with van der Waals surface area (Å²) < 4.78 is 37.4. The molecular weight excluding hydrogens is 442 g/mol. The molecule has 3 aromatic rings. The minimum atomic E-state index is -3.85. The Bertz CT molecular complexity index is 1240. The van der Waals surface area contributed by atoms with Gasteiger partial charge in [0, 0.05) is 7.05 Å². The fourth-order valence-electron chi connectivity index (χ4n) is 2.98. The molecule has 9 heteroatoms. The number of carbonyl (C=O) groups is 1. The summed E-state index contributed by atoms with van der Waals surface area (Å²) >= 11 is 0. The van der Waals surface area contributed by atoms with Crippen molar-refractivity contribution in [3.05, 3.63) is 83.9 Å². The summed E-state index contributed by atoms with van der Waals surface area (Å²) in [5, 5.41) is 3.92. The number of benzene rings is 3. The van der Waals surface area contributed by atoms with Crippen molar-refractivity contribution in [2.75, 3.05) is 20.7 Å². The van der Waals surface area contributed by atoms with Gasteiger partial charge in [0.05, 0.1) is 24.8 Å². The zero-order valence-corrected chi connectivity index (χ0v) is 19.4. The number of nitrogens with zero attached hydrogens (tertiary/aromatic N) is 2.